The highest BCUT2D eigenvalue weighted by Gasteiger charge is 2.13. The molecule has 0 aliphatic carbocycles. The third kappa shape index (κ3) is 3.85. The predicted octanol–water partition coefficient (Wildman–Crippen LogP) is 3.10. The zero-order chi connectivity index (χ0) is 16.1. The maximum atomic E-state index is 11.9. The lowest BCUT2D eigenvalue weighted by Gasteiger charge is -2.18. The van der Waals surface area contributed by atoms with Crippen molar-refractivity contribution in [2.45, 2.75) is 33.2 Å². The number of rotatable bonds is 5. The maximum Gasteiger partial charge on any atom is 0.254 e. The van der Waals surface area contributed by atoms with Crippen LogP contribution in [0.1, 0.15) is 34.0 Å². The molecule has 0 fully saturated rings. The standard InChI is InChI=1S/C18H23N3O/c1-12-7-8-15(13(2)10-12)11-14(3)21-17-16(18(22)19-4)6-5-9-20-17/h5-10,14H,11H2,1-4H3,(H,19,22)(H,20,21). The minimum Gasteiger partial charge on any atom is -0.367 e. The van der Waals surface area contributed by atoms with Crippen molar-refractivity contribution in [3.63, 3.8) is 0 Å². The van der Waals surface area contributed by atoms with Crippen LogP contribution < -0.4 is 10.6 Å². The maximum absolute atomic E-state index is 11.9. The van der Waals surface area contributed by atoms with Crippen LogP contribution in [-0.2, 0) is 6.42 Å². The van der Waals surface area contributed by atoms with Crippen molar-refractivity contribution in [2.24, 2.45) is 0 Å². The molecule has 1 unspecified atom stereocenters. The monoisotopic (exact) mass is 297 g/mol. The number of amides is 1. The van der Waals surface area contributed by atoms with Crippen LogP contribution in [0, 0.1) is 13.8 Å². The number of anilines is 1. The van der Waals surface area contributed by atoms with Crippen molar-refractivity contribution in [2.75, 3.05) is 12.4 Å². The Labute approximate surface area is 132 Å². The molecule has 1 aromatic heterocycles. The Morgan fingerprint density at radius 1 is 1.27 bits per heavy atom. The molecule has 0 bridgehead atoms. The zero-order valence-electron chi connectivity index (χ0n) is 13.6. The SMILES string of the molecule is CNC(=O)c1cccnc1NC(C)Cc1ccc(C)cc1C. The van der Waals surface area contributed by atoms with Gasteiger partial charge in [-0.3, -0.25) is 4.79 Å². The number of carbonyl (C=O) groups excluding carboxylic acids is 1. The predicted molar refractivity (Wildman–Crippen MR) is 90.3 cm³/mol. The quantitative estimate of drug-likeness (QED) is 0.891. The van der Waals surface area contributed by atoms with Crippen LogP contribution in [0.2, 0.25) is 0 Å². The normalized spacial score (nSPS) is 11.8. The second-order valence-corrected chi connectivity index (χ2v) is 5.66. The summed E-state index contributed by atoms with van der Waals surface area (Å²) in [6, 6.07) is 10.2. The summed E-state index contributed by atoms with van der Waals surface area (Å²) in [6.45, 7) is 6.33. The molecule has 0 aliphatic rings. The molecular weight excluding hydrogens is 274 g/mol. The van der Waals surface area contributed by atoms with Crippen LogP contribution in [0.5, 0.6) is 0 Å². The van der Waals surface area contributed by atoms with E-state index in [2.05, 4.69) is 54.6 Å². The Balaban J connectivity index is 2.12. The van der Waals surface area contributed by atoms with Crippen LogP contribution in [0.3, 0.4) is 0 Å². The summed E-state index contributed by atoms with van der Waals surface area (Å²) in [5, 5.41) is 5.99. The second-order valence-electron chi connectivity index (χ2n) is 5.66. The Bertz CT molecular complexity index is 667. The first kappa shape index (κ1) is 16.0. The number of nitrogens with one attached hydrogen (secondary N) is 2. The van der Waals surface area contributed by atoms with Crippen LogP contribution >= 0.6 is 0 Å². The lowest BCUT2D eigenvalue weighted by molar-refractivity contribution is 0.0963. The molecule has 4 heteroatoms. The van der Waals surface area contributed by atoms with Gasteiger partial charge in [-0.05, 0) is 50.5 Å². The van der Waals surface area contributed by atoms with E-state index in [-0.39, 0.29) is 11.9 Å². The van der Waals surface area contributed by atoms with Crippen LogP contribution in [0.4, 0.5) is 5.82 Å². The Morgan fingerprint density at radius 2 is 2.05 bits per heavy atom. The van der Waals surface area contributed by atoms with Gasteiger partial charge in [-0.2, -0.15) is 0 Å². The largest absolute Gasteiger partial charge is 0.367 e. The van der Waals surface area contributed by atoms with E-state index in [0.29, 0.717) is 11.4 Å². The number of nitrogens with zero attached hydrogens (tertiary/aromatic N) is 1. The first-order chi connectivity index (χ1) is 10.5. The van der Waals surface area contributed by atoms with Crippen molar-refractivity contribution in [3.8, 4) is 0 Å². The first-order valence-corrected chi connectivity index (χ1v) is 7.51. The Hall–Kier alpha value is -2.36. The van der Waals surface area contributed by atoms with E-state index in [4.69, 9.17) is 0 Å². The van der Waals surface area contributed by atoms with Gasteiger partial charge in [0.15, 0.2) is 0 Å². The van der Waals surface area contributed by atoms with Crippen LogP contribution in [-0.4, -0.2) is 24.0 Å². The van der Waals surface area contributed by atoms with E-state index in [1.807, 2.05) is 0 Å². The third-order valence-electron chi connectivity index (χ3n) is 3.69. The van der Waals surface area contributed by atoms with Gasteiger partial charge in [-0.15, -0.1) is 0 Å². The number of aryl methyl sites for hydroxylation is 2. The highest BCUT2D eigenvalue weighted by atomic mass is 16.1. The molecule has 1 heterocycles. The van der Waals surface area contributed by atoms with E-state index < -0.39 is 0 Å². The molecule has 0 saturated carbocycles. The number of hydrogen-bond donors (Lipinski definition) is 2. The van der Waals surface area contributed by atoms with Gasteiger partial charge in [0.25, 0.3) is 5.91 Å². The molecule has 0 aliphatic heterocycles. The van der Waals surface area contributed by atoms with Crippen LogP contribution in [0.15, 0.2) is 36.5 Å². The van der Waals surface area contributed by atoms with Gasteiger partial charge in [-0.1, -0.05) is 23.8 Å². The van der Waals surface area contributed by atoms with Crippen LogP contribution in [0.25, 0.3) is 0 Å². The summed E-state index contributed by atoms with van der Waals surface area (Å²) >= 11 is 0. The number of benzene rings is 1. The minimum atomic E-state index is -0.130. The average molecular weight is 297 g/mol. The zero-order valence-corrected chi connectivity index (χ0v) is 13.6. The molecule has 4 nitrogen and oxygen atoms in total. The molecule has 116 valence electrons. The number of pyridine rings is 1. The molecule has 2 N–H and O–H groups in total. The van der Waals surface area contributed by atoms with Gasteiger partial charge in [-0.25, -0.2) is 4.98 Å². The van der Waals surface area contributed by atoms with Gasteiger partial charge < -0.3 is 10.6 Å². The molecule has 0 spiro atoms. The summed E-state index contributed by atoms with van der Waals surface area (Å²) in [4.78, 5) is 16.2. The van der Waals surface area contributed by atoms with Crippen molar-refractivity contribution >= 4 is 11.7 Å². The Morgan fingerprint density at radius 3 is 2.73 bits per heavy atom. The summed E-state index contributed by atoms with van der Waals surface area (Å²) in [5.41, 5.74) is 4.44. The lowest BCUT2D eigenvalue weighted by atomic mass is 10.00. The molecule has 1 aromatic carbocycles. The van der Waals surface area contributed by atoms with Crippen molar-refractivity contribution in [1.29, 1.82) is 0 Å². The van der Waals surface area contributed by atoms with Gasteiger partial charge in [0.1, 0.15) is 5.82 Å². The van der Waals surface area contributed by atoms with E-state index in [1.54, 1.807) is 25.4 Å². The summed E-state index contributed by atoms with van der Waals surface area (Å²) < 4.78 is 0. The van der Waals surface area contributed by atoms with Gasteiger partial charge in [0, 0.05) is 19.3 Å². The number of hydrogen-bond acceptors (Lipinski definition) is 3. The fourth-order valence-electron chi connectivity index (χ4n) is 2.53. The highest BCUT2D eigenvalue weighted by Crippen LogP contribution is 2.17. The first-order valence-electron chi connectivity index (χ1n) is 7.51. The van der Waals surface area contributed by atoms with E-state index in [1.165, 1.54) is 16.7 Å². The molecule has 1 atom stereocenters. The molecule has 22 heavy (non-hydrogen) atoms. The van der Waals surface area contributed by atoms with Gasteiger partial charge in [0.2, 0.25) is 0 Å². The minimum absolute atomic E-state index is 0.130. The summed E-state index contributed by atoms with van der Waals surface area (Å²) in [5.74, 6) is 0.494. The summed E-state index contributed by atoms with van der Waals surface area (Å²) in [6.07, 6.45) is 2.58. The van der Waals surface area contributed by atoms with Crippen molar-refractivity contribution in [1.82, 2.24) is 10.3 Å². The van der Waals surface area contributed by atoms with E-state index >= 15 is 0 Å². The van der Waals surface area contributed by atoms with Gasteiger partial charge >= 0.3 is 0 Å². The van der Waals surface area contributed by atoms with E-state index in [0.717, 1.165) is 6.42 Å². The highest BCUT2D eigenvalue weighted by molar-refractivity contribution is 5.98. The molecule has 1 amide bonds. The smallest absolute Gasteiger partial charge is 0.254 e. The topological polar surface area (TPSA) is 54.0 Å². The second kappa shape index (κ2) is 7.07. The van der Waals surface area contributed by atoms with E-state index in [9.17, 15) is 4.79 Å². The third-order valence-corrected chi connectivity index (χ3v) is 3.69. The number of aromatic nitrogens is 1. The van der Waals surface area contributed by atoms with Gasteiger partial charge in [0.05, 0.1) is 5.56 Å². The fraction of sp³-hybridized carbons (Fsp3) is 0.333. The number of carbonyl (C=O) groups is 1. The Kier molecular flexibility index (Phi) is 5.15. The van der Waals surface area contributed by atoms with Crippen molar-refractivity contribution < 1.29 is 4.79 Å². The summed E-state index contributed by atoms with van der Waals surface area (Å²) in [7, 11) is 1.62. The average Bonchev–Trinajstić information content (AvgIpc) is 2.50. The lowest BCUT2D eigenvalue weighted by Crippen LogP contribution is -2.24. The molecule has 0 radical (unpaired) electrons. The molecular formula is C18H23N3O. The fourth-order valence-corrected chi connectivity index (χ4v) is 2.53. The van der Waals surface area contributed by atoms with Crippen molar-refractivity contribution in [3.05, 3.63) is 58.8 Å². The molecule has 2 aromatic rings. The molecule has 2 rings (SSSR count). The molecule has 0 saturated heterocycles.